The number of nitrogens with zero attached hydrogens (tertiary/aromatic N) is 2. The molecule has 0 spiro atoms. The zero-order chi connectivity index (χ0) is 13.6. The van der Waals surface area contributed by atoms with Crippen molar-refractivity contribution in [3.05, 3.63) is 58.2 Å². The summed E-state index contributed by atoms with van der Waals surface area (Å²) in [6, 6.07) is 5.15. The molecule has 0 atom stereocenters. The van der Waals surface area contributed by atoms with Gasteiger partial charge in [0.15, 0.2) is 0 Å². The summed E-state index contributed by atoms with van der Waals surface area (Å²) in [6.07, 6.45) is 2.33. The Bertz CT molecular complexity index is 720. The highest BCUT2D eigenvalue weighted by atomic mass is 16.1. The minimum atomic E-state index is -0.222. The normalized spacial score (nSPS) is 13.2. The van der Waals surface area contributed by atoms with Crippen LogP contribution in [0.15, 0.2) is 24.4 Å². The van der Waals surface area contributed by atoms with Crippen LogP contribution in [0.5, 0.6) is 0 Å². The van der Waals surface area contributed by atoms with E-state index >= 15 is 0 Å². The number of hydrogen-bond acceptors (Lipinski definition) is 4. The van der Waals surface area contributed by atoms with Gasteiger partial charge in [-0.15, -0.1) is 0 Å². The number of carbonyl (C=O) groups excluding carboxylic acids is 2. The largest absolute Gasteiger partial charge is 0.287 e. The summed E-state index contributed by atoms with van der Waals surface area (Å²) in [5, 5.41) is 0. The maximum absolute atomic E-state index is 12.4. The topological polar surface area (TPSA) is 59.9 Å². The maximum atomic E-state index is 12.4. The van der Waals surface area contributed by atoms with Crippen LogP contribution in [0.3, 0.4) is 0 Å². The molecule has 1 aliphatic carbocycles. The fourth-order valence-corrected chi connectivity index (χ4v) is 2.23. The molecule has 0 fully saturated rings. The van der Waals surface area contributed by atoms with Crippen molar-refractivity contribution in [1.82, 2.24) is 9.97 Å². The number of fused-ring (bicyclic) bond motifs is 2. The highest BCUT2D eigenvalue weighted by Crippen LogP contribution is 2.25. The number of hydrogen-bond donors (Lipinski definition) is 0. The summed E-state index contributed by atoms with van der Waals surface area (Å²) in [6.45, 7) is 3.81. The van der Waals surface area contributed by atoms with Gasteiger partial charge >= 0.3 is 0 Å². The zero-order valence-corrected chi connectivity index (χ0v) is 10.7. The summed E-state index contributed by atoms with van der Waals surface area (Å²) < 4.78 is 0. The predicted octanol–water partition coefficient (Wildman–Crippen LogP) is 2.12. The summed E-state index contributed by atoms with van der Waals surface area (Å²) in [4.78, 5) is 33.1. The number of pyridine rings is 2. The van der Waals surface area contributed by atoms with Gasteiger partial charge in [0.2, 0.25) is 11.6 Å². The Morgan fingerprint density at radius 2 is 1.79 bits per heavy atom. The Balaban J connectivity index is 2.26. The second-order valence-electron chi connectivity index (χ2n) is 4.62. The van der Waals surface area contributed by atoms with E-state index in [2.05, 4.69) is 9.97 Å². The molecular weight excluding hydrogens is 240 g/mol. The smallest absolute Gasteiger partial charge is 0.214 e. The lowest BCUT2D eigenvalue weighted by molar-refractivity contribution is 0.0971. The molecule has 19 heavy (non-hydrogen) atoms. The summed E-state index contributed by atoms with van der Waals surface area (Å²) in [5.41, 5.74) is 2.86. The average Bonchev–Trinajstić information content (AvgIpc) is 2.44. The lowest BCUT2D eigenvalue weighted by atomic mass is 9.89. The van der Waals surface area contributed by atoms with E-state index in [9.17, 15) is 9.59 Å². The predicted molar refractivity (Wildman–Crippen MR) is 69.5 cm³/mol. The van der Waals surface area contributed by atoms with Gasteiger partial charge in [-0.1, -0.05) is 6.92 Å². The van der Waals surface area contributed by atoms with Gasteiger partial charge in [-0.2, -0.15) is 0 Å². The molecule has 4 heteroatoms. The highest BCUT2D eigenvalue weighted by molar-refractivity contribution is 6.26. The molecule has 0 aliphatic heterocycles. The van der Waals surface area contributed by atoms with E-state index in [0.29, 0.717) is 11.1 Å². The molecule has 0 unspecified atom stereocenters. The molecule has 0 bridgehead atoms. The van der Waals surface area contributed by atoms with E-state index in [1.807, 2.05) is 13.8 Å². The number of rotatable bonds is 1. The van der Waals surface area contributed by atoms with Crippen molar-refractivity contribution in [1.29, 1.82) is 0 Å². The number of carbonyl (C=O) groups is 2. The van der Waals surface area contributed by atoms with Crippen LogP contribution in [0.25, 0.3) is 0 Å². The van der Waals surface area contributed by atoms with Crippen LogP contribution in [-0.4, -0.2) is 21.5 Å². The van der Waals surface area contributed by atoms with Gasteiger partial charge in [0.05, 0.1) is 11.1 Å². The van der Waals surface area contributed by atoms with Gasteiger partial charge in [-0.25, -0.2) is 4.98 Å². The van der Waals surface area contributed by atoms with E-state index in [4.69, 9.17) is 0 Å². The molecule has 2 aromatic rings. The molecule has 3 rings (SSSR count). The number of aromatic nitrogens is 2. The van der Waals surface area contributed by atoms with Gasteiger partial charge in [0.25, 0.3) is 0 Å². The Hall–Kier alpha value is -2.36. The molecule has 0 saturated carbocycles. The fraction of sp³-hybridized carbons (Fsp3) is 0.200. The standard InChI is InChI=1S/C15H12N2O2/c1-3-9-4-5-10-13(17-9)15(19)11-6-8(2)7-16-12(11)14(10)18/h4-7H,3H2,1-2H3. The van der Waals surface area contributed by atoms with Crippen LogP contribution in [0.2, 0.25) is 0 Å². The van der Waals surface area contributed by atoms with Crippen molar-refractivity contribution >= 4 is 11.6 Å². The first kappa shape index (κ1) is 11.7. The average molecular weight is 252 g/mol. The third-order valence-electron chi connectivity index (χ3n) is 3.26. The van der Waals surface area contributed by atoms with Crippen molar-refractivity contribution in [3.63, 3.8) is 0 Å². The minimum Gasteiger partial charge on any atom is -0.287 e. The van der Waals surface area contributed by atoms with Gasteiger partial charge < -0.3 is 0 Å². The van der Waals surface area contributed by atoms with Crippen molar-refractivity contribution in [2.24, 2.45) is 0 Å². The van der Waals surface area contributed by atoms with Gasteiger partial charge in [-0.05, 0) is 37.1 Å². The second kappa shape index (κ2) is 4.09. The molecule has 0 N–H and O–H groups in total. The van der Waals surface area contributed by atoms with Crippen LogP contribution in [0.1, 0.15) is 50.3 Å². The highest BCUT2D eigenvalue weighted by Gasteiger charge is 2.32. The molecule has 1 aliphatic rings. The van der Waals surface area contributed by atoms with Crippen molar-refractivity contribution in [3.8, 4) is 0 Å². The molecule has 0 aromatic carbocycles. The first-order chi connectivity index (χ1) is 9.11. The van der Waals surface area contributed by atoms with E-state index < -0.39 is 0 Å². The second-order valence-corrected chi connectivity index (χ2v) is 4.62. The van der Waals surface area contributed by atoms with Gasteiger partial charge in [0.1, 0.15) is 11.4 Å². The van der Waals surface area contributed by atoms with E-state index in [1.54, 1.807) is 24.4 Å². The molecule has 94 valence electrons. The lowest BCUT2D eigenvalue weighted by Gasteiger charge is -2.16. The molecule has 2 heterocycles. The Morgan fingerprint density at radius 1 is 1.05 bits per heavy atom. The third kappa shape index (κ3) is 1.68. The minimum absolute atomic E-state index is 0.212. The van der Waals surface area contributed by atoms with Crippen LogP contribution < -0.4 is 0 Å². The molecule has 4 nitrogen and oxygen atoms in total. The molecule has 2 aromatic heterocycles. The van der Waals surface area contributed by atoms with Gasteiger partial charge in [-0.3, -0.25) is 14.6 Å². The molecule has 0 saturated heterocycles. The third-order valence-corrected chi connectivity index (χ3v) is 3.26. The summed E-state index contributed by atoms with van der Waals surface area (Å²) in [7, 11) is 0. The summed E-state index contributed by atoms with van der Waals surface area (Å²) >= 11 is 0. The van der Waals surface area contributed by atoms with E-state index in [1.165, 1.54) is 0 Å². The van der Waals surface area contributed by atoms with Crippen molar-refractivity contribution in [2.75, 3.05) is 0 Å². The van der Waals surface area contributed by atoms with Crippen LogP contribution in [0.4, 0.5) is 0 Å². The molecular formula is C15H12N2O2. The number of aryl methyl sites for hydroxylation is 2. The lowest BCUT2D eigenvalue weighted by Crippen LogP contribution is -2.24. The van der Waals surface area contributed by atoms with Gasteiger partial charge in [0, 0.05) is 11.9 Å². The Morgan fingerprint density at radius 3 is 2.53 bits per heavy atom. The van der Waals surface area contributed by atoms with E-state index in [0.717, 1.165) is 17.7 Å². The number of ketones is 2. The molecule has 0 radical (unpaired) electrons. The van der Waals surface area contributed by atoms with Crippen LogP contribution >= 0.6 is 0 Å². The van der Waals surface area contributed by atoms with Crippen molar-refractivity contribution < 1.29 is 9.59 Å². The quantitative estimate of drug-likeness (QED) is 0.665. The van der Waals surface area contributed by atoms with Crippen LogP contribution in [0, 0.1) is 6.92 Å². The summed E-state index contributed by atoms with van der Waals surface area (Å²) in [5.74, 6) is -0.434. The first-order valence-corrected chi connectivity index (χ1v) is 6.17. The van der Waals surface area contributed by atoms with Crippen molar-refractivity contribution in [2.45, 2.75) is 20.3 Å². The monoisotopic (exact) mass is 252 g/mol. The zero-order valence-electron chi connectivity index (χ0n) is 10.7. The molecule has 0 amide bonds. The fourth-order valence-electron chi connectivity index (χ4n) is 2.23. The first-order valence-electron chi connectivity index (χ1n) is 6.17. The Labute approximate surface area is 110 Å². The van der Waals surface area contributed by atoms with E-state index in [-0.39, 0.29) is 23.0 Å². The van der Waals surface area contributed by atoms with Crippen LogP contribution in [-0.2, 0) is 6.42 Å². The SMILES string of the molecule is CCc1ccc2c(n1)C(=O)c1cc(C)cnc1C2=O. The Kier molecular flexibility index (Phi) is 2.52. The maximum Gasteiger partial charge on any atom is 0.214 e.